The molecule has 0 atom stereocenters. The highest BCUT2D eigenvalue weighted by Gasteiger charge is 2.06. The van der Waals surface area contributed by atoms with E-state index in [2.05, 4.69) is 31.7 Å². The number of aromatic nitrogens is 1. The molecule has 0 saturated carbocycles. The number of nitrogens with zero attached hydrogens (tertiary/aromatic N) is 1. The van der Waals surface area contributed by atoms with Gasteiger partial charge in [0, 0.05) is 16.4 Å². The first-order chi connectivity index (χ1) is 8.69. The number of hydrazine groups is 1. The van der Waals surface area contributed by atoms with Gasteiger partial charge in [0.15, 0.2) is 0 Å². The van der Waals surface area contributed by atoms with Crippen LogP contribution in [0.25, 0.3) is 0 Å². The average Bonchev–Trinajstić information content (AvgIpc) is 2.41. The minimum absolute atomic E-state index is 0.214. The van der Waals surface area contributed by atoms with Gasteiger partial charge in [-0.2, -0.15) is 0 Å². The molecule has 2 rings (SSSR count). The second-order valence-electron chi connectivity index (χ2n) is 3.54. The van der Waals surface area contributed by atoms with Crippen molar-refractivity contribution in [2.24, 2.45) is 5.84 Å². The Labute approximate surface area is 113 Å². The van der Waals surface area contributed by atoms with Crippen molar-refractivity contribution in [3.05, 3.63) is 52.6 Å². The Balaban J connectivity index is 2.09. The van der Waals surface area contributed by atoms with Crippen molar-refractivity contribution in [3.63, 3.8) is 0 Å². The van der Waals surface area contributed by atoms with E-state index in [0.29, 0.717) is 11.4 Å². The summed E-state index contributed by atoms with van der Waals surface area (Å²) in [7, 11) is 0. The minimum atomic E-state index is -0.214. The normalized spacial score (nSPS) is 9.89. The van der Waals surface area contributed by atoms with Crippen LogP contribution in [0.5, 0.6) is 0 Å². The third-order valence-corrected chi connectivity index (χ3v) is 2.80. The fourth-order valence-electron chi connectivity index (χ4n) is 1.35. The fourth-order valence-corrected chi connectivity index (χ4v) is 1.61. The lowest BCUT2D eigenvalue weighted by Gasteiger charge is -2.05. The lowest BCUT2D eigenvalue weighted by molar-refractivity contribution is 0.102. The second kappa shape index (κ2) is 5.61. The molecule has 0 aliphatic carbocycles. The predicted molar refractivity (Wildman–Crippen MR) is 74.1 cm³/mol. The van der Waals surface area contributed by atoms with Gasteiger partial charge in [-0.05, 0) is 36.4 Å². The van der Waals surface area contributed by atoms with Gasteiger partial charge in [0.05, 0.1) is 5.56 Å². The number of anilines is 2. The van der Waals surface area contributed by atoms with Gasteiger partial charge in [0.25, 0.3) is 5.91 Å². The average molecular weight is 307 g/mol. The smallest absolute Gasteiger partial charge is 0.257 e. The van der Waals surface area contributed by atoms with E-state index in [0.717, 1.165) is 10.2 Å². The summed E-state index contributed by atoms with van der Waals surface area (Å²) in [4.78, 5) is 15.9. The Bertz CT molecular complexity index is 539. The van der Waals surface area contributed by atoms with E-state index < -0.39 is 0 Å². The molecule has 0 aliphatic heterocycles. The van der Waals surface area contributed by atoms with E-state index in [4.69, 9.17) is 5.84 Å². The summed E-state index contributed by atoms with van der Waals surface area (Å²) in [6.07, 6.45) is 1.46. The van der Waals surface area contributed by atoms with Crippen molar-refractivity contribution < 1.29 is 4.79 Å². The maximum Gasteiger partial charge on any atom is 0.257 e. The number of carbonyl (C=O) groups is 1. The van der Waals surface area contributed by atoms with Gasteiger partial charge in [-0.15, -0.1) is 0 Å². The number of hydrogen-bond donors (Lipinski definition) is 3. The topological polar surface area (TPSA) is 80.0 Å². The van der Waals surface area contributed by atoms with E-state index in [1.807, 2.05) is 24.3 Å². The number of nitrogens with one attached hydrogen (secondary N) is 2. The number of halogens is 1. The summed E-state index contributed by atoms with van der Waals surface area (Å²) in [5.41, 5.74) is 3.60. The standard InChI is InChI=1S/C12H11BrN4O/c13-9-2-4-10(5-3-9)16-12(18)8-1-6-11(17-14)15-7-8/h1-7H,14H2,(H,15,17)(H,16,18). The molecule has 0 spiro atoms. The Morgan fingerprint density at radius 1 is 1.17 bits per heavy atom. The third-order valence-electron chi connectivity index (χ3n) is 2.28. The van der Waals surface area contributed by atoms with Crippen LogP contribution in [0.1, 0.15) is 10.4 Å². The van der Waals surface area contributed by atoms with Crippen molar-refractivity contribution in [2.45, 2.75) is 0 Å². The zero-order valence-electron chi connectivity index (χ0n) is 9.35. The molecule has 18 heavy (non-hydrogen) atoms. The van der Waals surface area contributed by atoms with E-state index in [1.54, 1.807) is 12.1 Å². The maximum atomic E-state index is 11.9. The van der Waals surface area contributed by atoms with Crippen LogP contribution in [0.3, 0.4) is 0 Å². The molecule has 0 radical (unpaired) electrons. The largest absolute Gasteiger partial charge is 0.322 e. The monoisotopic (exact) mass is 306 g/mol. The quantitative estimate of drug-likeness (QED) is 0.601. The number of nitrogens with two attached hydrogens (primary N) is 1. The number of pyridine rings is 1. The Kier molecular flexibility index (Phi) is 3.91. The molecule has 1 heterocycles. The summed E-state index contributed by atoms with van der Waals surface area (Å²) in [6.45, 7) is 0. The van der Waals surface area contributed by atoms with Crippen LogP contribution in [0, 0.1) is 0 Å². The van der Waals surface area contributed by atoms with Crippen LogP contribution in [0.2, 0.25) is 0 Å². The van der Waals surface area contributed by atoms with Crippen molar-refractivity contribution in [3.8, 4) is 0 Å². The first kappa shape index (κ1) is 12.5. The Morgan fingerprint density at radius 2 is 1.89 bits per heavy atom. The predicted octanol–water partition coefficient (Wildman–Crippen LogP) is 2.38. The van der Waals surface area contributed by atoms with Gasteiger partial charge in [-0.3, -0.25) is 4.79 Å². The van der Waals surface area contributed by atoms with Crippen LogP contribution in [-0.2, 0) is 0 Å². The lowest BCUT2D eigenvalue weighted by Crippen LogP contribution is -2.13. The van der Waals surface area contributed by atoms with E-state index in [9.17, 15) is 4.79 Å². The Hall–Kier alpha value is -1.92. The van der Waals surface area contributed by atoms with Gasteiger partial charge in [0.1, 0.15) is 5.82 Å². The van der Waals surface area contributed by atoms with Gasteiger partial charge in [-0.1, -0.05) is 15.9 Å². The highest BCUT2D eigenvalue weighted by Crippen LogP contribution is 2.15. The molecule has 1 amide bonds. The first-order valence-electron chi connectivity index (χ1n) is 5.18. The van der Waals surface area contributed by atoms with Crippen molar-refractivity contribution >= 4 is 33.3 Å². The van der Waals surface area contributed by atoms with E-state index in [1.165, 1.54) is 6.20 Å². The van der Waals surface area contributed by atoms with Crippen LogP contribution in [0.4, 0.5) is 11.5 Å². The van der Waals surface area contributed by atoms with Crippen molar-refractivity contribution in [2.75, 3.05) is 10.7 Å². The number of amides is 1. The zero-order chi connectivity index (χ0) is 13.0. The molecule has 6 heteroatoms. The number of hydrogen-bond acceptors (Lipinski definition) is 4. The van der Waals surface area contributed by atoms with Gasteiger partial charge >= 0.3 is 0 Å². The highest BCUT2D eigenvalue weighted by atomic mass is 79.9. The summed E-state index contributed by atoms with van der Waals surface area (Å²) < 4.78 is 0.959. The zero-order valence-corrected chi connectivity index (χ0v) is 10.9. The number of benzene rings is 1. The summed E-state index contributed by atoms with van der Waals surface area (Å²) in [5, 5.41) is 2.77. The van der Waals surface area contributed by atoms with Gasteiger partial charge < -0.3 is 10.7 Å². The van der Waals surface area contributed by atoms with Crippen LogP contribution < -0.4 is 16.6 Å². The number of rotatable bonds is 3. The minimum Gasteiger partial charge on any atom is -0.322 e. The molecule has 0 unspecified atom stereocenters. The van der Waals surface area contributed by atoms with Crippen LogP contribution in [-0.4, -0.2) is 10.9 Å². The van der Waals surface area contributed by atoms with Crippen LogP contribution in [0.15, 0.2) is 47.1 Å². The summed E-state index contributed by atoms with van der Waals surface area (Å²) in [6, 6.07) is 10.6. The van der Waals surface area contributed by atoms with Crippen LogP contribution >= 0.6 is 15.9 Å². The second-order valence-corrected chi connectivity index (χ2v) is 4.45. The van der Waals surface area contributed by atoms with Gasteiger partial charge in [-0.25, -0.2) is 10.8 Å². The number of carbonyl (C=O) groups excluding carboxylic acids is 1. The molecule has 1 aromatic carbocycles. The molecular formula is C12H11BrN4O. The molecule has 92 valence electrons. The summed E-state index contributed by atoms with van der Waals surface area (Å²) in [5.74, 6) is 5.49. The molecule has 0 saturated heterocycles. The Morgan fingerprint density at radius 3 is 2.44 bits per heavy atom. The SMILES string of the molecule is NNc1ccc(C(=O)Nc2ccc(Br)cc2)cn1. The van der Waals surface area contributed by atoms with E-state index >= 15 is 0 Å². The maximum absolute atomic E-state index is 11.9. The van der Waals surface area contributed by atoms with Gasteiger partial charge in [0.2, 0.25) is 0 Å². The fraction of sp³-hybridized carbons (Fsp3) is 0. The summed E-state index contributed by atoms with van der Waals surface area (Å²) >= 11 is 3.33. The molecule has 0 fully saturated rings. The van der Waals surface area contributed by atoms with E-state index in [-0.39, 0.29) is 5.91 Å². The molecule has 4 N–H and O–H groups in total. The highest BCUT2D eigenvalue weighted by molar-refractivity contribution is 9.10. The molecule has 0 bridgehead atoms. The molecule has 0 aliphatic rings. The number of nitrogen functional groups attached to an aromatic ring is 1. The lowest BCUT2D eigenvalue weighted by atomic mass is 10.2. The first-order valence-corrected chi connectivity index (χ1v) is 5.98. The molecule has 1 aromatic heterocycles. The molecule has 5 nitrogen and oxygen atoms in total. The van der Waals surface area contributed by atoms with Crippen molar-refractivity contribution in [1.29, 1.82) is 0 Å². The molecule has 2 aromatic rings. The van der Waals surface area contributed by atoms with Crippen molar-refractivity contribution in [1.82, 2.24) is 4.98 Å². The molecular weight excluding hydrogens is 296 g/mol. The third kappa shape index (κ3) is 3.06.